The van der Waals surface area contributed by atoms with E-state index in [-0.39, 0.29) is 0 Å². The van der Waals surface area contributed by atoms with E-state index in [1.807, 2.05) is 36.5 Å². The van der Waals surface area contributed by atoms with Gasteiger partial charge in [0.25, 0.3) is 0 Å². The molecule has 0 bridgehead atoms. The van der Waals surface area contributed by atoms with Gasteiger partial charge in [-0.1, -0.05) is 18.2 Å². The summed E-state index contributed by atoms with van der Waals surface area (Å²) in [6.45, 7) is 0. The Labute approximate surface area is 111 Å². The minimum atomic E-state index is 0.870. The molecule has 19 heavy (non-hydrogen) atoms. The van der Waals surface area contributed by atoms with E-state index in [9.17, 15) is 0 Å². The summed E-state index contributed by atoms with van der Waals surface area (Å²) < 4.78 is 0. The number of nitrogens with zero attached hydrogens (tertiary/aromatic N) is 2. The van der Waals surface area contributed by atoms with Crippen molar-refractivity contribution in [3.63, 3.8) is 0 Å². The molecule has 0 aliphatic heterocycles. The number of nitrogen functional groups attached to an aromatic ring is 1. The van der Waals surface area contributed by atoms with Crippen molar-refractivity contribution in [2.24, 2.45) is 0 Å². The van der Waals surface area contributed by atoms with E-state index in [4.69, 9.17) is 10.7 Å². The maximum absolute atomic E-state index is 6.34. The molecule has 2 N–H and O–H groups in total. The molecule has 3 nitrogen and oxygen atoms in total. The highest BCUT2D eigenvalue weighted by atomic mass is 14.8. The van der Waals surface area contributed by atoms with Gasteiger partial charge in [-0.05, 0) is 31.0 Å². The number of hydrogen-bond acceptors (Lipinski definition) is 3. The van der Waals surface area contributed by atoms with Crippen LogP contribution in [0.3, 0.4) is 0 Å². The number of anilines is 1. The number of para-hydroxylation sites is 1. The van der Waals surface area contributed by atoms with Gasteiger partial charge in [0.2, 0.25) is 0 Å². The maximum atomic E-state index is 6.34. The molecule has 2 heterocycles. The van der Waals surface area contributed by atoms with Crippen molar-refractivity contribution in [1.29, 1.82) is 0 Å². The third-order valence-electron chi connectivity index (χ3n) is 3.79. The van der Waals surface area contributed by atoms with Crippen LogP contribution in [0.4, 0.5) is 5.69 Å². The summed E-state index contributed by atoms with van der Waals surface area (Å²) in [6.07, 6.45) is 3.70. The van der Waals surface area contributed by atoms with Crippen molar-refractivity contribution in [1.82, 2.24) is 9.97 Å². The molecule has 2 aromatic heterocycles. The monoisotopic (exact) mass is 247 g/mol. The quantitative estimate of drug-likeness (QED) is 0.664. The maximum Gasteiger partial charge on any atom is 0.0780 e. The summed E-state index contributed by atoms with van der Waals surface area (Å²) in [5.41, 5.74) is 12.6. The van der Waals surface area contributed by atoms with Crippen molar-refractivity contribution in [2.45, 2.75) is 12.8 Å². The zero-order chi connectivity index (χ0) is 12.8. The number of pyridine rings is 2. The molecule has 0 fully saturated rings. The van der Waals surface area contributed by atoms with Gasteiger partial charge in [-0.3, -0.25) is 4.98 Å². The normalized spacial score (nSPS) is 13.1. The lowest BCUT2D eigenvalue weighted by molar-refractivity contribution is 0.891. The molecule has 3 aromatic rings. The molecule has 3 heteroatoms. The Bertz CT molecular complexity index is 793. The summed E-state index contributed by atoms with van der Waals surface area (Å²) in [5.74, 6) is 0. The van der Waals surface area contributed by atoms with Crippen molar-refractivity contribution >= 4 is 16.6 Å². The van der Waals surface area contributed by atoms with E-state index in [0.29, 0.717) is 0 Å². The average Bonchev–Trinajstić information content (AvgIpc) is 2.47. The highest BCUT2D eigenvalue weighted by molar-refractivity contribution is 5.95. The summed E-state index contributed by atoms with van der Waals surface area (Å²) in [5, 5.41) is 1.05. The molecule has 0 amide bonds. The first-order valence-corrected chi connectivity index (χ1v) is 6.46. The van der Waals surface area contributed by atoms with Crippen LogP contribution >= 0.6 is 0 Å². The number of hydrogen-bond donors (Lipinski definition) is 1. The minimum Gasteiger partial charge on any atom is -0.398 e. The molecule has 92 valence electrons. The Morgan fingerprint density at radius 3 is 2.84 bits per heavy atom. The molecule has 0 atom stereocenters. The van der Waals surface area contributed by atoms with Gasteiger partial charge in [0, 0.05) is 28.4 Å². The fourth-order valence-electron chi connectivity index (χ4n) is 2.85. The lowest BCUT2D eigenvalue weighted by Gasteiger charge is -2.20. The zero-order valence-corrected chi connectivity index (χ0v) is 10.4. The van der Waals surface area contributed by atoms with E-state index < -0.39 is 0 Å². The van der Waals surface area contributed by atoms with E-state index in [1.165, 1.54) is 5.56 Å². The van der Waals surface area contributed by atoms with Gasteiger partial charge >= 0.3 is 0 Å². The van der Waals surface area contributed by atoms with Gasteiger partial charge in [-0.15, -0.1) is 0 Å². The van der Waals surface area contributed by atoms with Crippen LogP contribution in [0.25, 0.3) is 22.2 Å². The van der Waals surface area contributed by atoms with Crippen molar-refractivity contribution in [2.75, 3.05) is 5.73 Å². The highest BCUT2D eigenvalue weighted by Crippen LogP contribution is 2.37. The molecule has 0 saturated carbocycles. The highest BCUT2D eigenvalue weighted by Gasteiger charge is 2.21. The third-order valence-corrected chi connectivity index (χ3v) is 3.79. The molecule has 4 rings (SSSR count). The average molecular weight is 247 g/mol. The summed E-state index contributed by atoms with van der Waals surface area (Å²) in [6, 6.07) is 12.1. The fraction of sp³-hybridized carbons (Fsp3) is 0.125. The van der Waals surface area contributed by atoms with Crippen LogP contribution in [0.2, 0.25) is 0 Å². The van der Waals surface area contributed by atoms with E-state index in [1.54, 1.807) is 0 Å². The molecule has 1 aliphatic rings. The molecular weight excluding hydrogens is 234 g/mol. The first-order valence-electron chi connectivity index (χ1n) is 6.46. The van der Waals surface area contributed by atoms with Crippen molar-refractivity contribution in [3.8, 4) is 11.3 Å². The third kappa shape index (κ3) is 1.45. The number of fused-ring (bicyclic) bond motifs is 4. The van der Waals surface area contributed by atoms with Crippen LogP contribution in [-0.2, 0) is 12.8 Å². The van der Waals surface area contributed by atoms with Gasteiger partial charge in [0.15, 0.2) is 0 Å². The molecular formula is C16H13N3. The van der Waals surface area contributed by atoms with Crippen molar-refractivity contribution in [3.05, 3.63) is 53.9 Å². The summed E-state index contributed by atoms with van der Waals surface area (Å²) in [4.78, 5) is 9.24. The van der Waals surface area contributed by atoms with E-state index in [0.717, 1.165) is 46.4 Å². The topological polar surface area (TPSA) is 51.8 Å². The second-order valence-corrected chi connectivity index (χ2v) is 4.87. The van der Waals surface area contributed by atoms with Gasteiger partial charge in [-0.2, -0.15) is 0 Å². The van der Waals surface area contributed by atoms with Crippen LogP contribution in [-0.4, -0.2) is 9.97 Å². The van der Waals surface area contributed by atoms with Crippen molar-refractivity contribution < 1.29 is 0 Å². The van der Waals surface area contributed by atoms with Crippen LogP contribution in [0.15, 0.2) is 42.6 Å². The minimum absolute atomic E-state index is 0.870. The Morgan fingerprint density at radius 1 is 1.00 bits per heavy atom. The Kier molecular flexibility index (Phi) is 2.09. The molecule has 0 unspecified atom stereocenters. The van der Waals surface area contributed by atoms with Crippen LogP contribution in [0, 0.1) is 0 Å². The largest absolute Gasteiger partial charge is 0.398 e. The number of aromatic nitrogens is 2. The summed E-state index contributed by atoms with van der Waals surface area (Å²) in [7, 11) is 0. The number of aryl methyl sites for hydroxylation is 1. The Hall–Kier alpha value is -2.42. The second-order valence-electron chi connectivity index (χ2n) is 4.87. The Balaban J connectivity index is 2.11. The number of benzene rings is 1. The predicted molar refractivity (Wildman–Crippen MR) is 76.8 cm³/mol. The SMILES string of the molecule is Nc1c2c(nc3ccccc13)-c1cccnc1CC2. The molecule has 0 spiro atoms. The molecule has 0 radical (unpaired) electrons. The first-order chi connectivity index (χ1) is 9.34. The summed E-state index contributed by atoms with van der Waals surface area (Å²) >= 11 is 0. The predicted octanol–water partition coefficient (Wildman–Crippen LogP) is 2.98. The fourth-order valence-corrected chi connectivity index (χ4v) is 2.85. The Morgan fingerprint density at radius 2 is 1.89 bits per heavy atom. The number of nitrogens with two attached hydrogens (primary N) is 1. The molecule has 1 aromatic carbocycles. The standard InChI is InChI=1S/C16H13N3/c17-15-10-4-1-2-6-14(10)19-16-11-5-3-9-18-13(11)8-7-12(15)16/h1-6,9H,7-8H2,(H2,17,19). The lowest BCUT2D eigenvalue weighted by Crippen LogP contribution is -2.10. The smallest absolute Gasteiger partial charge is 0.0780 e. The van der Waals surface area contributed by atoms with Crippen LogP contribution in [0.5, 0.6) is 0 Å². The van der Waals surface area contributed by atoms with Gasteiger partial charge < -0.3 is 5.73 Å². The van der Waals surface area contributed by atoms with E-state index >= 15 is 0 Å². The first kappa shape index (κ1) is 10.5. The van der Waals surface area contributed by atoms with Crippen LogP contribution in [0.1, 0.15) is 11.3 Å². The van der Waals surface area contributed by atoms with Gasteiger partial charge in [0.05, 0.1) is 16.9 Å². The van der Waals surface area contributed by atoms with Gasteiger partial charge in [-0.25, -0.2) is 4.98 Å². The van der Waals surface area contributed by atoms with Gasteiger partial charge in [0.1, 0.15) is 0 Å². The molecule has 1 aliphatic carbocycles. The zero-order valence-electron chi connectivity index (χ0n) is 10.4. The van der Waals surface area contributed by atoms with Crippen LogP contribution < -0.4 is 5.73 Å². The van der Waals surface area contributed by atoms with E-state index in [2.05, 4.69) is 11.1 Å². The second kappa shape index (κ2) is 3.79. The number of rotatable bonds is 0. The lowest BCUT2D eigenvalue weighted by atomic mass is 9.90. The molecule has 0 saturated heterocycles.